The molecular weight excluding hydrogens is 404 g/mol. The Hall–Kier alpha value is -3.87. The monoisotopic (exact) mass is 430 g/mol. The van der Waals surface area contributed by atoms with E-state index in [9.17, 15) is 9.59 Å². The molecule has 0 atom stereocenters. The molecule has 0 aliphatic carbocycles. The number of hydrogen-bond acceptors (Lipinski definition) is 4. The number of benzene rings is 2. The van der Waals surface area contributed by atoms with E-state index in [2.05, 4.69) is 15.6 Å². The number of pyridine rings is 1. The molecule has 4 rings (SSSR count). The van der Waals surface area contributed by atoms with Crippen LogP contribution in [-0.4, -0.2) is 28.4 Å². The molecule has 7 heteroatoms. The van der Waals surface area contributed by atoms with Gasteiger partial charge < -0.3 is 20.3 Å². The molecule has 2 heterocycles. The van der Waals surface area contributed by atoms with Crippen molar-refractivity contribution in [2.24, 2.45) is 0 Å². The number of anilines is 1. The van der Waals surface area contributed by atoms with E-state index in [0.717, 1.165) is 35.4 Å². The fourth-order valence-corrected chi connectivity index (χ4v) is 3.50. The van der Waals surface area contributed by atoms with Gasteiger partial charge in [-0.15, -0.1) is 0 Å². The number of carbonyl (C=O) groups excluding carboxylic acids is 2. The van der Waals surface area contributed by atoms with Gasteiger partial charge in [-0.1, -0.05) is 30.3 Å². The molecule has 0 saturated carbocycles. The maximum atomic E-state index is 12.2. The van der Waals surface area contributed by atoms with Gasteiger partial charge in [0.25, 0.3) is 0 Å². The third-order valence-corrected chi connectivity index (χ3v) is 5.26. The number of ether oxygens (including phenoxy) is 1. The normalized spacial score (nSPS) is 13.1. The molecule has 0 radical (unpaired) electrons. The van der Waals surface area contributed by atoms with Gasteiger partial charge in [0, 0.05) is 49.7 Å². The van der Waals surface area contributed by atoms with Crippen LogP contribution in [0.1, 0.15) is 29.5 Å². The van der Waals surface area contributed by atoms with Gasteiger partial charge in [-0.2, -0.15) is 0 Å². The molecule has 3 amide bonds. The molecule has 3 aromatic rings. The van der Waals surface area contributed by atoms with Crippen LogP contribution < -0.4 is 15.4 Å². The lowest BCUT2D eigenvalue weighted by atomic mass is 10.2. The molecule has 1 aliphatic heterocycles. The molecule has 0 unspecified atom stereocenters. The summed E-state index contributed by atoms with van der Waals surface area (Å²) in [5.41, 5.74) is 3.74. The van der Waals surface area contributed by atoms with Gasteiger partial charge in [0.15, 0.2) is 0 Å². The zero-order valence-electron chi connectivity index (χ0n) is 17.8. The highest BCUT2D eigenvalue weighted by molar-refractivity contribution is 5.89. The van der Waals surface area contributed by atoms with Gasteiger partial charge in [0.2, 0.25) is 5.91 Å². The van der Waals surface area contributed by atoms with Gasteiger partial charge in [-0.3, -0.25) is 9.78 Å². The van der Waals surface area contributed by atoms with E-state index >= 15 is 0 Å². The van der Waals surface area contributed by atoms with E-state index < -0.39 is 0 Å². The van der Waals surface area contributed by atoms with Crippen LogP contribution in [0.5, 0.6) is 5.75 Å². The number of carbonyl (C=O) groups is 2. The largest absolute Gasteiger partial charge is 0.489 e. The van der Waals surface area contributed by atoms with Crippen molar-refractivity contribution in [3.05, 3.63) is 89.7 Å². The summed E-state index contributed by atoms with van der Waals surface area (Å²) in [4.78, 5) is 29.9. The summed E-state index contributed by atoms with van der Waals surface area (Å²) >= 11 is 0. The summed E-state index contributed by atoms with van der Waals surface area (Å²) in [5.74, 6) is 0.970. The van der Waals surface area contributed by atoms with Crippen LogP contribution in [0.2, 0.25) is 0 Å². The number of aromatic nitrogens is 1. The molecular formula is C25H26N4O3. The summed E-state index contributed by atoms with van der Waals surface area (Å²) in [6.07, 6.45) is 5.08. The molecule has 2 N–H and O–H groups in total. The lowest BCUT2D eigenvalue weighted by Gasteiger charge is -2.15. The van der Waals surface area contributed by atoms with E-state index in [-0.39, 0.29) is 11.9 Å². The molecule has 1 aromatic heterocycles. The maximum absolute atomic E-state index is 12.2. The van der Waals surface area contributed by atoms with E-state index in [4.69, 9.17) is 4.74 Å². The Labute approximate surface area is 187 Å². The highest BCUT2D eigenvalue weighted by atomic mass is 16.5. The maximum Gasteiger partial charge on any atom is 0.319 e. The number of nitrogens with zero attached hydrogens (tertiary/aromatic N) is 2. The number of likely N-dealkylation sites (tertiary alicyclic amines) is 1. The highest BCUT2D eigenvalue weighted by Crippen LogP contribution is 2.17. The third kappa shape index (κ3) is 6.07. The first-order valence-electron chi connectivity index (χ1n) is 10.7. The van der Waals surface area contributed by atoms with Crippen molar-refractivity contribution in [3.63, 3.8) is 0 Å². The first kappa shape index (κ1) is 21.4. The number of urea groups is 1. The molecule has 1 fully saturated rings. The zero-order chi connectivity index (χ0) is 22.2. The van der Waals surface area contributed by atoms with Gasteiger partial charge in [0.1, 0.15) is 12.4 Å². The first-order valence-corrected chi connectivity index (χ1v) is 10.7. The summed E-state index contributed by atoms with van der Waals surface area (Å²) < 4.78 is 5.75. The minimum atomic E-state index is -0.274. The predicted octanol–water partition coefficient (Wildman–Crippen LogP) is 4.10. The second-order valence-corrected chi connectivity index (χ2v) is 7.72. The van der Waals surface area contributed by atoms with Gasteiger partial charge in [-0.05, 0) is 47.9 Å². The molecule has 0 bridgehead atoms. The number of rotatable bonds is 8. The Bertz CT molecular complexity index is 1040. The number of nitrogens with one attached hydrogen (secondary N) is 2. The lowest BCUT2D eigenvalue weighted by Crippen LogP contribution is -2.28. The lowest BCUT2D eigenvalue weighted by molar-refractivity contribution is -0.128. The van der Waals surface area contributed by atoms with E-state index in [1.54, 1.807) is 12.4 Å². The van der Waals surface area contributed by atoms with Crippen molar-refractivity contribution in [1.82, 2.24) is 15.2 Å². The second-order valence-electron chi connectivity index (χ2n) is 7.72. The van der Waals surface area contributed by atoms with Gasteiger partial charge in [-0.25, -0.2) is 4.79 Å². The van der Waals surface area contributed by atoms with Gasteiger partial charge >= 0.3 is 6.03 Å². The molecule has 2 aromatic carbocycles. The van der Waals surface area contributed by atoms with Crippen molar-refractivity contribution in [1.29, 1.82) is 0 Å². The Kier molecular flexibility index (Phi) is 6.97. The summed E-state index contributed by atoms with van der Waals surface area (Å²) in [6.45, 7) is 2.30. The quantitative estimate of drug-likeness (QED) is 0.564. The Morgan fingerprint density at radius 3 is 2.47 bits per heavy atom. The van der Waals surface area contributed by atoms with Crippen LogP contribution in [-0.2, 0) is 24.5 Å². The van der Waals surface area contributed by atoms with E-state index in [0.29, 0.717) is 31.8 Å². The minimum Gasteiger partial charge on any atom is -0.489 e. The fourth-order valence-electron chi connectivity index (χ4n) is 3.50. The summed E-state index contributed by atoms with van der Waals surface area (Å²) in [7, 11) is 0. The second kappa shape index (κ2) is 10.4. The van der Waals surface area contributed by atoms with Crippen LogP contribution in [0.25, 0.3) is 0 Å². The predicted molar refractivity (Wildman–Crippen MR) is 122 cm³/mol. The van der Waals surface area contributed by atoms with Crippen molar-refractivity contribution in [2.45, 2.75) is 32.5 Å². The van der Waals surface area contributed by atoms with Crippen LogP contribution >= 0.6 is 0 Å². The van der Waals surface area contributed by atoms with E-state index in [1.165, 1.54) is 0 Å². The summed E-state index contributed by atoms with van der Waals surface area (Å²) in [6, 6.07) is 18.8. The van der Waals surface area contributed by atoms with Crippen LogP contribution in [0.3, 0.4) is 0 Å². The molecule has 1 aliphatic rings. The molecule has 1 saturated heterocycles. The van der Waals surface area contributed by atoms with Gasteiger partial charge in [0.05, 0.1) is 0 Å². The smallest absolute Gasteiger partial charge is 0.319 e. The highest BCUT2D eigenvalue weighted by Gasteiger charge is 2.19. The van der Waals surface area contributed by atoms with E-state index in [1.807, 2.05) is 65.6 Å². The molecule has 7 nitrogen and oxygen atoms in total. The van der Waals surface area contributed by atoms with Crippen molar-refractivity contribution in [2.75, 3.05) is 11.9 Å². The average Bonchev–Trinajstić information content (AvgIpc) is 3.23. The van der Waals surface area contributed by atoms with Crippen LogP contribution in [0, 0.1) is 0 Å². The van der Waals surface area contributed by atoms with Crippen LogP contribution in [0.4, 0.5) is 10.5 Å². The molecule has 32 heavy (non-hydrogen) atoms. The standard InChI is InChI=1S/C25H26N4O3/c30-24-4-2-14-29(24)17-20-5-9-22(10-6-20)28-25(31)27-16-19-7-11-23(12-8-19)32-18-21-3-1-13-26-15-21/h1,3,5-13,15H,2,4,14,16-18H2,(H2,27,28,31). The Balaban J connectivity index is 1.20. The number of amides is 3. The zero-order valence-corrected chi connectivity index (χ0v) is 17.8. The fraction of sp³-hybridized carbons (Fsp3) is 0.240. The number of hydrogen-bond donors (Lipinski definition) is 2. The summed E-state index contributed by atoms with van der Waals surface area (Å²) in [5, 5.41) is 5.68. The average molecular weight is 431 g/mol. The van der Waals surface area contributed by atoms with Crippen molar-refractivity contribution in [3.8, 4) is 5.75 Å². The Morgan fingerprint density at radius 2 is 1.78 bits per heavy atom. The molecule has 164 valence electrons. The van der Waals surface area contributed by atoms with Crippen LogP contribution in [0.15, 0.2) is 73.1 Å². The first-order chi connectivity index (χ1) is 15.7. The molecule has 0 spiro atoms. The third-order valence-electron chi connectivity index (χ3n) is 5.26. The SMILES string of the molecule is O=C(NCc1ccc(OCc2cccnc2)cc1)Nc1ccc(CN2CCCC2=O)cc1. The van der Waals surface area contributed by atoms with Crippen molar-refractivity contribution >= 4 is 17.6 Å². The topological polar surface area (TPSA) is 83.6 Å². The minimum absolute atomic E-state index is 0.208. The van der Waals surface area contributed by atoms with Crippen molar-refractivity contribution < 1.29 is 14.3 Å². The Morgan fingerprint density at radius 1 is 1.00 bits per heavy atom.